The van der Waals surface area contributed by atoms with Gasteiger partial charge in [-0.3, -0.25) is 14.4 Å². The number of nitrogens with zero attached hydrogens (tertiary/aromatic N) is 4. The van der Waals surface area contributed by atoms with E-state index >= 15 is 0 Å². The molecule has 3 aliphatic rings. The van der Waals surface area contributed by atoms with Crippen molar-refractivity contribution in [2.75, 3.05) is 39.8 Å². The maximum Gasteiger partial charge on any atom is 0.414 e. The summed E-state index contributed by atoms with van der Waals surface area (Å²) in [7, 11) is 1.44. The Balaban J connectivity index is 0.000000505. The van der Waals surface area contributed by atoms with E-state index in [2.05, 4.69) is 29.2 Å². The first kappa shape index (κ1) is 27.4. The molecule has 38 heavy (non-hydrogen) atoms. The van der Waals surface area contributed by atoms with Gasteiger partial charge in [-0.15, -0.1) is 0 Å². The zero-order valence-corrected chi connectivity index (χ0v) is 21.9. The predicted molar refractivity (Wildman–Crippen MR) is 137 cm³/mol. The highest BCUT2D eigenvalue weighted by Crippen LogP contribution is 2.52. The lowest BCUT2D eigenvalue weighted by atomic mass is 10.0. The van der Waals surface area contributed by atoms with E-state index in [1.165, 1.54) is 7.11 Å². The van der Waals surface area contributed by atoms with E-state index in [1.807, 2.05) is 28.9 Å². The van der Waals surface area contributed by atoms with Crippen molar-refractivity contribution >= 4 is 34.8 Å². The number of benzene rings is 1. The number of amides is 2. The van der Waals surface area contributed by atoms with Gasteiger partial charge in [0.1, 0.15) is 0 Å². The summed E-state index contributed by atoms with van der Waals surface area (Å²) < 4.78 is 6.77. The summed E-state index contributed by atoms with van der Waals surface area (Å²) in [6.07, 6.45) is 1.82. The van der Waals surface area contributed by atoms with Gasteiger partial charge in [0, 0.05) is 50.2 Å². The number of aliphatic carboxylic acids is 2. The van der Waals surface area contributed by atoms with Crippen LogP contribution in [0.5, 0.6) is 0 Å². The lowest BCUT2D eigenvalue weighted by Crippen LogP contribution is -2.47. The normalized spacial score (nSPS) is 22.9. The molecule has 3 N–H and O–H groups in total. The third-order valence-electron chi connectivity index (χ3n) is 7.81. The number of hydrogen-bond donors (Lipinski definition) is 3. The number of ether oxygens (including phenoxy) is 1. The van der Waals surface area contributed by atoms with Crippen LogP contribution in [0.25, 0.3) is 10.9 Å². The molecule has 2 unspecified atom stereocenters. The molecule has 12 nitrogen and oxygen atoms in total. The smallest absolute Gasteiger partial charge is 0.414 e. The van der Waals surface area contributed by atoms with E-state index in [0.29, 0.717) is 29.5 Å². The Bertz CT molecular complexity index is 1180. The van der Waals surface area contributed by atoms with Crippen LogP contribution in [0.1, 0.15) is 43.2 Å². The zero-order chi connectivity index (χ0) is 27.6. The van der Waals surface area contributed by atoms with Gasteiger partial charge in [-0.05, 0) is 50.5 Å². The third kappa shape index (κ3) is 5.74. The highest BCUT2D eigenvalue weighted by atomic mass is 16.5. The van der Waals surface area contributed by atoms with E-state index in [4.69, 9.17) is 24.5 Å². The van der Waals surface area contributed by atoms with Gasteiger partial charge >= 0.3 is 18.0 Å². The van der Waals surface area contributed by atoms with Crippen LogP contribution in [0.3, 0.4) is 0 Å². The highest BCUT2D eigenvalue weighted by molar-refractivity contribution is 6.27. The number of carboxylic acids is 2. The largest absolute Gasteiger partial charge is 0.473 e. The number of carbonyl (C=O) groups is 4. The molecule has 1 aromatic heterocycles. The molecule has 3 heterocycles. The van der Waals surface area contributed by atoms with Crippen LogP contribution >= 0.6 is 0 Å². The molecule has 0 bridgehead atoms. The first-order valence-corrected chi connectivity index (χ1v) is 12.9. The number of para-hydroxylation sites is 1. The van der Waals surface area contributed by atoms with E-state index in [9.17, 15) is 9.59 Å². The van der Waals surface area contributed by atoms with Crippen molar-refractivity contribution in [1.29, 1.82) is 0 Å². The second-order valence-corrected chi connectivity index (χ2v) is 10.4. The summed E-state index contributed by atoms with van der Waals surface area (Å²) in [5, 5.41) is 23.5. The summed E-state index contributed by atoms with van der Waals surface area (Å²) in [6.45, 7) is 8.66. The van der Waals surface area contributed by atoms with Crippen LogP contribution in [-0.4, -0.2) is 99.6 Å². The fourth-order valence-corrected chi connectivity index (χ4v) is 5.77. The molecule has 0 radical (unpaired) electrons. The Labute approximate surface area is 220 Å². The SMILES string of the molecule is COC(=O)N1CCC(N2CC3C(CNC(=O)c4nn(C(C)C)c5ccccc45)C3C2)CC1.O=C(O)C(=O)O. The van der Waals surface area contributed by atoms with Crippen LogP contribution in [-0.2, 0) is 14.3 Å². The van der Waals surface area contributed by atoms with Crippen LogP contribution < -0.4 is 5.32 Å². The minimum atomic E-state index is -1.82. The average Bonchev–Trinajstić information content (AvgIpc) is 3.22. The summed E-state index contributed by atoms with van der Waals surface area (Å²) in [5.74, 6) is -1.79. The van der Waals surface area contributed by atoms with Crippen LogP contribution in [0, 0.1) is 17.8 Å². The number of rotatable bonds is 5. The summed E-state index contributed by atoms with van der Waals surface area (Å²) in [5.41, 5.74) is 1.53. The number of piperidine rings is 2. The summed E-state index contributed by atoms with van der Waals surface area (Å²) >= 11 is 0. The second-order valence-electron chi connectivity index (χ2n) is 10.4. The van der Waals surface area contributed by atoms with Gasteiger partial charge in [0.15, 0.2) is 5.69 Å². The van der Waals surface area contributed by atoms with Crippen molar-refractivity contribution in [3.63, 3.8) is 0 Å². The molecule has 3 fully saturated rings. The van der Waals surface area contributed by atoms with Crippen molar-refractivity contribution in [2.45, 2.75) is 38.8 Å². The molecule has 5 rings (SSSR count). The number of aromatic nitrogens is 2. The Kier molecular flexibility index (Phi) is 8.20. The number of hydrogen-bond acceptors (Lipinski definition) is 7. The second kappa shape index (κ2) is 11.4. The van der Waals surface area contributed by atoms with Gasteiger partial charge in [-0.2, -0.15) is 5.10 Å². The monoisotopic (exact) mass is 529 g/mol. The van der Waals surface area contributed by atoms with Crippen LogP contribution in [0.15, 0.2) is 24.3 Å². The van der Waals surface area contributed by atoms with Gasteiger partial charge in [-0.25, -0.2) is 14.4 Å². The Hall–Kier alpha value is -3.67. The molecule has 2 aromatic rings. The highest BCUT2D eigenvalue weighted by Gasteiger charge is 2.56. The number of likely N-dealkylation sites (tertiary alicyclic amines) is 2. The van der Waals surface area contributed by atoms with E-state index in [1.54, 1.807) is 4.90 Å². The van der Waals surface area contributed by atoms with Gasteiger partial charge in [-0.1, -0.05) is 18.2 Å². The molecule has 12 heteroatoms. The minimum Gasteiger partial charge on any atom is -0.473 e. The fraction of sp³-hybridized carbons (Fsp3) is 0.577. The van der Waals surface area contributed by atoms with Crippen molar-refractivity contribution in [2.24, 2.45) is 17.8 Å². The topological polar surface area (TPSA) is 154 Å². The summed E-state index contributed by atoms with van der Waals surface area (Å²) in [6, 6.07) is 8.71. The number of methoxy groups -OCH3 is 1. The van der Waals surface area contributed by atoms with E-state index < -0.39 is 11.9 Å². The maximum atomic E-state index is 12.9. The molecule has 1 aliphatic carbocycles. The zero-order valence-electron chi connectivity index (χ0n) is 21.9. The molecule has 2 amide bonds. The average molecular weight is 530 g/mol. The third-order valence-corrected chi connectivity index (χ3v) is 7.81. The molecule has 2 saturated heterocycles. The minimum absolute atomic E-state index is 0.0717. The quantitative estimate of drug-likeness (QED) is 0.493. The number of carboxylic acid groups (broad SMARTS) is 2. The molecular weight excluding hydrogens is 494 g/mol. The Morgan fingerprint density at radius 2 is 1.66 bits per heavy atom. The molecule has 206 valence electrons. The van der Waals surface area contributed by atoms with Crippen molar-refractivity contribution in [3.8, 4) is 0 Å². The molecule has 0 spiro atoms. The van der Waals surface area contributed by atoms with E-state index in [0.717, 1.165) is 56.5 Å². The number of fused-ring (bicyclic) bond motifs is 2. The lowest BCUT2D eigenvalue weighted by molar-refractivity contribution is -0.159. The van der Waals surface area contributed by atoms with Gasteiger partial charge in [0.25, 0.3) is 5.91 Å². The summed E-state index contributed by atoms with van der Waals surface area (Å²) in [4.78, 5) is 47.2. The fourth-order valence-electron chi connectivity index (χ4n) is 5.77. The van der Waals surface area contributed by atoms with E-state index in [-0.39, 0.29) is 18.0 Å². The lowest BCUT2D eigenvalue weighted by Gasteiger charge is -2.37. The van der Waals surface area contributed by atoms with Crippen molar-refractivity contribution in [1.82, 2.24) is 24.9 Å². The number of nitrogens with one attached hydrogen (secondary N) is 1. The molecular formula is C26H35N5O7. The Morgan fingerprint density at radius 3 is 2.21 bits per heavy atom. The first-order valence-electron chi connectivity index (χ1n) is 12.9. The molecule has 2 atom stereocenters. The standard InChI is InChI=1S/C24H33N5O3.C2H2O4/c1-15(2)29-21-7-5-4-6-17(21)22(26-29)23(30)25-12-18-19-13-28(14-20(18)19)16-8-10-27(11-9-16)24(31)32-3;3-1(4)2(5)6/h4-7,15-16,18-20H,8-14H2,1-3H3,(H,25,30);(H,3,4)(H,5,6). The first-order chi connectivity index (χ1) is 18.1. The van der Waals surface area contributed by atoms with Crippen LogP contribution in [0.4, 0.5) is 4.79 Å². The Morgan fingerprint density at radius 1 is 1.05 bits per heavy atom. The van der Waals surface area contributed by atoms with Gasteiger partial charge in [0.05, 0.1) is 12.6 Å². The van der Waals surface area contributed by atoms with Crippen LogP contribution in [0.2, 0.25) is 0 Å². The number of carbonyl (C=O) groups excluding carboxylic acids is 2. The predicted octanol–water partition coefficient (Wildman–Crippen LogP) is 1.91. The van der Waals surface area contributed by atoms with Gasteiger partial charge < -0.3 is 25.2 Å². The van der Waals surface area contributed by atoms with Crippen molar-refractivity contribution in [3.05, 3.63) is 30.0 Å². The molecule has 1 aromatic carbocycles. The maximum absolute atomic E-state index is 12.9. The van der Waals surface area contributed by atoms with Gasteiger partial charge in [0.2, 0.25) is 0 Å². The molecule has 2 aliphatic heterocycles. The molecule has 1 saturated carbocycles. The van der Waals surface area contributed by atoms with Crippen molar-refractivity contribution < 1.29 is 34.1 Å².